The second-order valence-corrected chi connectivity index (χ2v) is 5.07. The lowest BCUT2D eigenvalue weighted by Crippen LogP contribution is -2.34. The van der Waals surface area contributed by atoms with Crippen LogP contribution in [0.1, 0.15) is 41.6 Å². The van der Waals surface area contributed by atoms with Gasteiger partial charge in [-0.05, 0) is 43.4 Å². The van der Waals surface area contributed by atoms with E-state index >= 15 is 0 Å². The van der Waals surface area contributed by atoms with Crippen LogP contribution in [-0.2, 0) is 11.3 Å². The minimum atomic E-state index is -0.305. The quantitative estimate of drug-likeness (QED) is 0.814. The van der Waals surface area contributed by atoms with E-state index in [2.05, 4.69) is 10.1 Å². The SMILES string of the molecule is COC(=O)c1ccc(CNC2CCC(O)CC2)cc1. The molecule has 4 nitrogen and oxygen atoms in total. The second kappa shape index (κ2) is 6.68. The van der Waals surface area contributed by atoms with Gasteiger partial charge in [-0.15, -0.1) is 0 Å². The number of rotatable bonds is 4. The fourth-order valence-electron chi connectivity index (χ4n) is 2.42. The zero-order valence-electron chi connectivity index (χ0n) is 11.3. The summed E-state index contributed by atoms with van der Waals surface area (Å²) in [5, 5.41) is 12.9. The van der Waals surface area contributed by atoms with Gasteiger partial charge in [-0.3, -0.25) is 0 Å². The number of ether oxygens (including phenoxy) is 1. The van der Waals surface area contributed by atoms with Gasteiger partial charge < -0.3 is 15.2 Å². The molecule has 104 valence electrons. The molecular formula is C15H21NO3. The van der Waals surface area contributed by atoms with Crippen molar-refractivity contribution in [1.29, 1.82) is 0 Å². The van der Waals surface area contributed by atoms with E-state index in [1.807, 2.05) is 12.1 Å². The fraction of sp³-hybridized carbons (Fsp3) is 0.533. The molecule has 1 aliphatic rings. The van der Waals surface area contributed by atoms with Crippen molar-refractivity contribution < 1.29 is 14.6 Å². The second-order valence-electron chi connectivity index (χ2n) is 5.07. The summed E-state index contributed by atoms with van der Waals surface area (Å²) in [6, 6.07) is 7.94. The minimum absolute atomic E-state index is 0.114. The van der Waals surface area contributed by atoms with E-state index in [4.69, 9.17) is 0 Å². The number of benzene rings is 1. The Morgan fingerprint density at radius 3 is 2.47 bits per heavy atom. The average Bonchev–Trinajstić information content (AvgIpc) is 2.46. The van der Waals surface area contributed by atoms with Crippen LogP contribution in [0.2, 0.25) is 0 Å². The number of methoxy groups -OCH3 is 1. The third-order valence-electron chi connectivity index (χ3n) is 3.67. The van der Waals surface area contributed by atoms with E-state index in [9.17, 15) is 9.90 Å². The molecule has 1 aromatic rings. The summed E-state index contributed by atoms with van der Waals surface area (Å²) in [6.07, 6.45) is 3.72. The van der Waals surface area contributed by atoms with Gasteiger partial charge in [0.2, 0.25) is 0 Å². The van der Waals surface area contributed by atoms with E-state index in [1.54, 1.807) is 12.1 Å². The summed E-state index contributed by atoms with van der Waals surface area (Å²) in [5.74, 6) is -0.305. The van der Waals surface area contributed by atoms with E-state index in [0.29, 0.717) is 11.6 Å². The van der Waals surface area contributed by atoms with Gasteiger partial charge in [0.15, 0.2) is 0 Å². The van der Waals surface area contributed by atoms with Crippen LogP contribution in [0.5, 0.6) is 0 Å². The molecular weight excluding hydrogens is 242 g/mol. The Hall–Kier alpha value is -1.39. The Balaban J connectivity index is 1.81. The minimum Gasteiger partial charge on any atom is -0.465 e. The Bertz CT molecular complexity index is 408. The number of aliphatic hydroxyl groups is 1. The predicted molar refractivity (Wildman–Crippen MR) is 72.9 cm³/mol. The topological polar surface area (TPSA) is 58.6 Å². The molecule has 0 spiro atoms. The molecule has 1 aliphatic carbocycles. The van der Waals surface area contributed by atoms with E-state index in [0.717, 1.165) is 37.8 Å². The van der Waals surface area contributed by atoms with Crippen molar-refractivity contribution in [2.75, 3.05) is 7.11 Å². The van der Waals surface area contributed by atoms with Crippen LogP contribution in [-0.4, -0.2) is 30.3 Å². The highest BCUT2D eigenvalue weighted by atomic mass is 16.5. The van der Waals surface area contributed by atoms with Crippen LogP contribution < -0.4 is 5.32 Å². The molecule has 2 N–H and O–H groups in total. The highest BCUT2D eigenvalue weighted by molar-refractivity contribution is 5.89. The Morgan fingerprint density at radius 1 is 1.26 bits per heavy atom. The molecule has 0 saturated heterocycles. The molecule has 0 atom stereocenters. The number of carbonyl (C=O) groups excluding carboxylic acids is 1. The fourth-order valence-corrected chi connectivity index (χ4v) is 2.42. The highest BCUT2D eigenvalue weighted by Crippen LogP contribution is 2.18. The monoisotopic (exact) mass is 263 g/mol. The summed E-state index contributed by atoms with van der Waals surface area (Å²) in [5.41, 5.74) is 1.73. The van der Waals surface area contributed by atoms with E-state index in [-0.39, 0.29) is 12.1 Å². The number of hydrogen-bond acceptors (Lipinski definition) is 4. The lowest BCUT2D eigenvalue weighted by molar-refractivity contribution is 0.0600. The average molecular weight is 263 g/mol. The molecule has 0 unspecified atom stereocenters. The van der Waals surface area contributed by atoms with Crippen molar-refractivity contribution in [3.05, 3.63) is 35.4 Å². The molecule has 1 aromatic carbocycles. The number of aliphatic hydroxyl groups excluding tert-OH is 1. The van der Waals surface area contributed by atoms with Crippen molar-refractivity contribution in [2.45, 2.75) is 44.4 Å². The van der Waals surface area contributed by atoms with Crippen molar-refractivity contribution >= 4 is 5.97 Å². The summed E-state index contributed by atoms with van der Waals surface area (Å²) in [7, 11) is 1.38. The Labute approximate surface area is 113 Å². The molecule has 0 heterocycles. The van der Waals surface area contributed by atoms with Crippen LogP contribution in [0, 0.1) is 0 Å². The van der Waals surface area contributed by atoms with Crippen molar-refractivity contribution in [3.8, 4) is 0 Å². The number of nitrogens with one attached hydrogen (secondary N) is 1. The molecule has 0 amide bonds. The molecule has 4 heteroatoms. The Kier molecular flexibility index (Phi) is 4.93. The molecule has 19 heavy (non-hydrogen) atoms. The van der Waals surface area contributed by atoms with Gasteiger partial charge in [-0.25, -0.2) is 4.79 Å². The molecule has 0 aromatic heterocycles. The molecule has 0 bridgehead atoms. The first-order chi connectivity index (χ1) is 9.19. The lowest BCUT2D eigenvalue weighted by atomic mass is 9.93. The number of carbonyl (C=O) groups is 1. The van der Waals surface area contributed by atoms with E-state index in [1.165, 1.54) is 7.11 Å². The number of hydrogen-bond donors (Lipinski definition) is 2. The van der Waals surface area contributed by atoms with Crippen LogP contribution in [0.25, 0.3) is 0 Å². The molecule has 0 aliphatic heterocycles. The summed E-state index contributed by atoms with van der Waals surface area (Å²) in [4.78, 5) is 11.3. The van der Waals surface area contributed by atoms with Crippen LogP contribution >= 0.6 is 0 Å². The maximum atomic E-state index is 11.3. The first-order valence-electron chi connectivity index (χ1n) is 6.77. The largest absolute Gasteiger partial charge is 0.465 e. The summed E-state index contributed by atoms with van der Waals surface area (Å²) >= 11 is 0. The zero-order chi connectivity index (χ0) is 13.7. The molecule has 2 rings (SSSR count). The third-order valence-corrected chi connectivity index (χ3v) is 3.67. The van der Waals surface area contributed by atoms with Crippen LogP contribution in [0.15, 0.2) is 24.3 Å². The molecule has 1 saturated carbocycles. The maximum Gasteiger partial charge on any atom is 0.337 e. The molecule has 0 radical (unpaired) electrons. The van der Waals surface area contributed by atoms with Crippen LogP contribution in [0.4, 0.5) is 0 Å². The predicted octanol–water partition coefficient (Wildman–Crippen LogP) is 1.87. The maximum absolute atomic E-state index is 11.3. The normalized spacial score (nSPS) is 23.1. The summed E-state index contributed by atoms with van der Waals surface area (Å²) < 4.78 is 4.66. The van der Waals surface area contributed by atoms with Gasteiger partial charge in [0.1, 0.15) is 0 Å². The Morgan fingerprint density at radius 2 is 1.89 bits per heavy atom. The zero-order valence-corrected chi connectivity index (χ0v) is 11.3. The van der Waals surface area contributed by atoms with Crippen molar-refractivity contribution in [2.24, 2.45) is 0 Å². The lowest BCUT2D eigenvalue weighted by Gasteiger charge is -2.26. The highest BCUT2D eigenvalue weighted by Gasteiger charge is 2.18. The van der Waals surface area contributed by atoms with E-state index < -0.39 is 0 Å². The first-order valence-corrected chi connectivity index (χ1v) is 6.77. The van der Waals surface area contributed by atoms with Gasteiger partial charge in [0.25, 0.3) is 0 Å². The van der Waals surface area contributed by atoms with Gasteiger partial charge in [0.05, 0.1) is 18.8 Å². The van der Waals surface area contributed by atoms with Gasteiger partial charge in [-0.1, -0.05) is 12.1 Å². The van der Waals surface area contributed by atoms with Gasteiger partial charge in [0, 0.05) is 12.6 Å². The standard InChI is InChI=1S/C15H21NO3/c1-19-15(18)12-4-2-11(3-5-12)10-16-13-6-8-14(17)9-7-13/h2-5,13-14,16-17H,6-10H2,1H3. The third kappa shape index (κ3) is 4.04. The number of esters is 1. The van der Waals surface area contributed by atoms with Crippen LogP contribution in [0.3, 0.4) is 0 Å². The van der Waals surface area contributed by atoms with Gasteiger partial charge in [-0.2, -0.15) is 0 Å². The van der Waals surface area contributed by atoms with Crippen molar-refractivity contribution in [3.63, 3.8) is 0 Å². The first kappa shape index (κ1) is 14.0. The van der Waals surface area contributed by atoms with Gasteiger partial charge >= 0.3 is 5.97 Å². The summed E-state index contributed by atoms with van der Waals surface area (Å²) in [6.45, 7) is 0.794. The van der Waals surface area contributed by atoms with Crippen molar-refractivity contribution in [1.82, 2.24) is 5.32 Å². The molecule has 1 fully saturated rings. The smallest absolute Gasteiger partial charge is 0.337 e.